The van der Waals surface area contributed by atoms with E-state index in [9.17, 15) is 14.7 Å². The molecular weight excluding hydrogens is 216 g/mol. The molecule has 0 unspecified atom stereocenters. The molecule has 1 saturated heterocycles. The highest BCUT2D eigenvalue weighted by Gasteiger charge is 2.33. The van der Waals surface area contributed by atoms with Crippen LogP contribution >= 0.6 is 0 Å². The number of nitrogens with zero attached hydrogens (tertiary/aromatic N) is 1. The number of ether oxygens (including phenoxy) is 1. The number of hydrogen-bond donors (Lipinski definition) is 3. The van der Waals surface area contributed by atoms with E-state index in [2.05, 4.69) is 5.32 Å². The molecule has 7 nitrogen and oxygen atoms in total. The second-order valence-electron chi connectivity index (χ2n) is 4.38. The van der Waals surface area contributed by atoms with Crippen molar-refractivity contribution in [3.8, 4) is 0 Å². The molecule has 0 atom stereocenters. The summed E-state index contributed by atoms with van der Waals surface area (Å²) < 4.78 is 4.90. The fourth-order valence-corrected chi connectivity index (χ4v) is 1.15. The molecule has 1 heterocycles. The van der Waals surface area contributed by atoms with E-state index in [0.29, 0.717) is 0 Å². The van der Waals surface area contributed by atoms with E-state index < -0.39 is 23.9 Å². The number of aliphatic hydroxyl groups is 1. The largest absolute Gasteiger partial charge is 0.465 e. The lowest BCUT2D eigenvalue weighted by atomic mass is 10.1. The molecular formula is C9H16N2O5. The second kappa shape index (κ2) is 4.56. The van der Waals surface area contributed by atoms with Crippen molar-refractivity contribution in [1.82, 2.24) is 10.2 Å². The standard InChI is InChI=1S/C9H16N2O5/c1-9(2,15)5-10-7(12)16-6-3-11(4-6)8(13)14/h6,15H,3-5H2,1-2H3,(H,10,12)(H,13,14). The van der Waals surface area contributed by atoms with E-state index in [-0.39, 0.29) is 19.6 Å². The van der Waals surface area contributed by atoms with Crippen LogP contribution in [-0.2, 0) is 4.74 Å². The Kier molecular flexibility index (Phi) is 3.58. The van der Waals surface area contributed by atoms with Gasteiger partial charge in [-0.25, -0.2) is 9.59 Å². The first-order chi connectivity index (χ1) is 7.28. The monoisotopic (exact) mass is 232 g/mol. The summed E-state index contributed by atoms with van der Waals surface area (Å²) in [6.07, 6.45) is -2.05. The summed E-state index contributed by atoms with van der Waals surface area (Å²) in [7, 11) is 0. The smallest absolute Gasteiger partial charge is 0.407 e. The maximum atomic E-state index is 11.2. The zero-order valence-electron chi connectivity index (χ0n) is 9.27. The number of carboxylic acid groups (broad SMARTS) is 1. The van der Waals surface area contributed by atoms with E-state index in [1.165, 1.54) is 0 Å². The molecule has 16 heavy (non-hydrogen) atoms. The summed E-state index contributed by atoms with van der Waals surface area (Å²) in [6, 6.07) is 0. The summed E-state index contributed by atoms with van der Waals surface area (Å²) >= 11 is 0. The molecule has 1 rings (SSSR count). The van der Waals surface area contributed by atoms with Crippen LogP contribution in [0.1, 0.15) is 13.8 Å². The Morgan fingerprint density at radius 2 is 2.06 bits per heavy atom. The van der Waals surface area contributed by atoms with Gasteiger partial charge in [0.2, 0.25) is 0 Å². The molecule has 0 aromatic heterocycles. The Morgan fingerprint density at radius 1 is 1.50 bits per heavy atom. The van der Waals surface area contributed by atoms with Crippen molar-refractivity contribution in [3.63, 3.8) is 0 Å². The minimum absolute atomic E-state index is 0.0845. The van der Waals surface area contributed by atoms with Gasteiger partial charge in [-0.1, -0.05) is 0 Å². The summed E-state index contributed by atoms with van der Waals surface area (Å²) in [5.41, 5.74) is -0.994. The van der Waals surface area contributed by atoms with Crippen LogP contribution < -0.4 is 5.32 Å². The minimum atomic E-state index is -1.02. The Morgan fingerprint density at radius 3 is 2.50 bits per heavy atom. The second-order valence-corrected chi connectivity index (χ2v) is 4.38. The Labute approximate surface area is 93.0 Å². The third-order valence-corrected chi connectivity index (χ3v) is 2.06. The van der Waals surface area contributed by atoms with Gasteiger partial charge in [-0.05, 0) is 13.8 Å². The van der Waals surface area contributed by atoms with E-state index in [4.69, 9.17) is 9.84 Å². The number of amides is 2. The van der Waals surface area contributed by atoms with Crippen molar-refractivity contribution in [2.24, 2.45) is 0 Å². The van der Waals surface area contributed by atoms with Crippen molar-refractivity contribution in [2.45, 2.75) is 25.6 Å². The van der Waals surface area contributed by atoms with Gasteiger partial charge < -0.3 is 25.2 Å². The third-order valence-electron chi connectivity index (χ3n) is 2.06. The highest BCUT2D eigenvalue weighted by molar-refractivity contribution is 5.69. The number of carbonyl (C=O) groups is 2. The number of alkyl carbamates (subject to hydrolysis) is 1. The van der Waals surface area contributed by atoms with Gasteiger partial charge in [-0.15, -0.1) is 0 Å². The first kappa shape index (κ1) is 12.6. The van der Waals surface area contributed by atoms with Gasteiger partial charge >= 0.3 is 12.2 Å². The highest BCUT2D eigenvalue weighted by atomic mass is 16.6. The van der Waals surface area contributed by atoms with E-state index in [1.54, 1.807) is 13.8 Å². The van der Waals surface area contributed by atoms with E-state index >= 15 is 0 Å². The fourth-order valence-electron chi connectivity index (χ4n) is 1.15. The van der Waals surface area contributed by atoms with Crippen LogP contribution in [-0.4, -0.2) is 58.6 Å². The molecule has 7 heteroatoms. The highest BCUT2D eigenvalue weighted by Crippen LogP contribution is 2.11. The molecule has 0 spiro atoms. The maximum Gasteiger partial charge on any atom is 0.407 e. The molecule has 1 fully saturated rings. The Bertz CT molecular complexity index is 280. The molecule has 0 aliphatic carbocycles. The lowest BCUT2D eigenvalue weighted by Gasteiger charge is -2.36. The molecule has 0 radical (unpaired) electrons. The number of rotatable bonds is 3. The molecule has 1 aliphatic rings. The molecule has 92 valence electrons. The normalized spacial score (nSPS) is 16.6. The van der Waals surface area contributed by atoms with Gasteiger partial charge in [0.05, 0.1) is 18.7 Å². The van der Waals surface area contributed by atoms with Gasteiger partial charge in [0, 0.05) is 6.54 Å². The molecule has 2 amide bonds. The number of nitrogens with one attached hydrogen (secondary N) is 1. The van der Waals surface area contributed by atoms with Crippen molar-refractivity contribution in [2.75, 3.05) is 19.6 Å². The first-order valence-electron chi connectivity index (χ1n) is 4.92. The van der Waals surface area contributed by atoms with Crippen LogP contribution in [0.4, 0.5) is 9.59 Å². The number of hydrogen-bond acceptors (Lipinski definition) is 4. The Hall–Kier alpha value is -1.50. The van der Waals surface area contributed by atoms with Gasteiger partial charge in [-0.2, -0.15) is 0 Å². The van der Waals surface area contributed by atoms with Crippen LogP contribution in [0.5, 0.6) is 0 Å². The lowest BCUT2D eigenvalue weighted by molar-refractivity contribution is -0.00793. The predicted octanol–water partition coefficient (Wildman–Crippen LogP) is -0.154. The van der Waals surface area contributed by atoms with Gasteiger partial charge in [0.15, 0.2) is 0 Å². The first-order valence-corrected chi connectivity index (χ1v) is 4.92. The summed E-state index contributed by atoms with van der Waals surface area (Å²) in [5, 5.41) is 20.3. The van der Waals surface area contributed by atoms with Crippen molar-refractivity contribution in [3.05, 3.63) is 0 Å². The van der Waals surface area contributed by atoms with Crippen molar-refractivity contribution >= 4 is 12.2 Å². The van der Waals surface area contributed by atoms with Crippen LogP contribution in [0, 0.1) is 0 Å². The SMILES string of the molecule is CC(C)(O)CNC(=O)OC1CN(C(=O)O)C1. The van der Waals surface area contributed by atoms with Crippen LogP contribution in [0.25, 0.3) is 0 Å². The molecule has 0 aromatic carbocycles. The molecule has 3 N–H and O–H groups in total. The zero-order valence-corrected chi connectivity index (χ0v) is 9.27. The molecule has 0 saturated carbocycles. The van der Waals surface area contributed by atoms with Gasteiger partial charge in [-0.3, -0.25) is 0 Å². The summed E-state index contributed by atoms with van der Waals surface area (Å²) in [6.45, 7) is 3.60. The van der Waals surface area contributed by atoms with Crippen LogP contribution in [0.2, 0.25) is 0 Å². The van der Waals surface area contributed by atoms with Gasteiger partial charge in [0.25, 0.3) is 0 Å². The minimum Gasteiger partial charge on any atom is -0.465 e. The Balaban J connectivity index is 2.15. The van der Waals surface area contributed by atoms with Crippen molar-refractivity contribution < 1.29 is 24.5 Å². The maximum absolute atomic E-state index is 11.2. The van der Waals surface area contributed by atoms with Crippen LogP contribution in [0.3, 0.4) is 0 Å². The van der Waals surface area contributed by atoms with E-state index in [1.807, 2.05) is 0 Å². The summed E-state index contributed by atoms with van der Waals surface area (Å²) in [4.78, 5) is 22.7. The average molecular weight is 232 g/mol. The zero-order chi connectivity index (χ0) is 12.3. The molecule has 0 aromatic rings. The third kappa shape index (κ3) is 3.93. The van der Waals surface area contributed by atoms with Crippen molar-refractivity contribution in [1.29, 1.82) is 0 Å². The number of carbonyl (C=O) groups excluding carboxylic acids is 1. The van der Waals surface area contributed by atoms with Gasteiger partial charge in [0.1, 0.15) is 6.10 Å². The number of likely N-dealkylation sites (tertiary alicyclic amines) is 1. The summed E-state index contributed by atoms with van der Waals surface area (Å²) in [5.74, 6) is 0. The topological polar surface area (TPSA) is 99.1 Å². The van der Waals surface area contributed by atoms with E-state index in [0.717, 1.165) is 4.90 Å². The average Bonchev–Trinajstić information content (AvgIpc) is 2.05. The lowest BCUT2D eigenvalue weighted by Crippen LogP contribution is -2.56. The van der Waals surface area contributed by atoms with Crippen LogP contribution in [0.15, 0.2) is 0 Å². The quantitative estimate of drug-likeness (QED) is 0.628. The molecule has 0 bridgehead atoms. The predicted molar refractivity (Wildman–Crippen MR) is 54.2 cm³/mol. The fraction of sp³-hybridized carbons (Fsp3) is 0.778. The molecule has 1 aliphatic heterocycles.